The lowest BCUT2D eigenvalue weighted by Crippen LogP contribution is -2.01. The Labute approximate surface area is 117 Å². The minimum Gasteiger partial charge on any atom is -0.483 e. The van der Waals surface area contributed by atoms with Gasteiger partial charge in [-0.2, -0.15) is 0 Å². The SMILES string of the molecule is O=Cc1cc(F)c(OCc2ccc(Cl)c(F)c2)c(F)c1. The summed E-state index contributed by atoms with van der Waals surface area (Å²) in [7, 11) is 0. The molecule has 6 heteroatoms. The van der Waals surface area contributed by atoms with Gasteiger partial charge in [0, 0.05) is 5.56 Å². The molecule has 2 aromatic rings. The molecule has 2 nitrogen and oxygen atoms in total. The van der Waals surface area contributed by atoms with Gasteiger partial charge in [0.15, 0.2) is 17.4 Å². The molecule has 104 valence electrons. The van der Waals surface area contributed by atoms with E-state index in [0.717, 1.165) is 18.2 Å². The summed E-state index contributed by atoms with van der Waals surface area (Å²) in [5.74, 6) is -3.26. The zero-order valence-corrected chi connectivity index (χ0v) is 10.8. The molecule has 0 atom stereocenters. The summed E-state index contributed by atoms with van der Waals surface area (Å²) in [5, 5.41) is -0.0542. The van der Waals surface area contributed by atoms with Gasteiger partial charge >= 0.3 is 0 Å². The molecule has 0 aliphatic rings. The number of hydrogen-bond acceptors (Lipinski definition) is 2. The molecule has 0 N–H and O–H groups in total. The Morgan fingerprint density at radius 3 is 2.25 bits per heavy atom. The zero-order chi connectivity index (χ0) is 14.7. The van der Waals surface area contributed by atoms with Crippen molar-refractivity contribution in [3.05, 3.63) is 63.9 Å². The van der Waals surface area contributed by atoms with Crippen LogP contribution in [0.4, 0.5) is 13.2 Å². The van der Waals surface area contributed by atoms with Crippen LogP contribution in [0, 0.1) is 17.5 Å². The Hall–Kier alpha value is -2.01. The lowest BCUT2D eigenvalue weighted by molar-refractivity contribution is 0.112. The Morgan fingerprint density at radius 1 is 1.05 bits per heavy atom. The normalized spacial score (nSPS) is 10.4. The van der Waals surface area contributed by atoms with Gasteiger partial charge < -0.3 is 4.74 Å². The average molecular weight is 301 g/mol. The number of benzene rings is 2. The molecule has 0 spiro atoms. The molecular formula is C14H8ClF3O2. The van der Waals surface area contributed by atoms with Crippen LogP contribution in [0.3, 0.4) is 0 Å². The van der Waals surface area contributed by atoms with Crippen LogP contribution in [-0.4, -0.2) is 6.29 Å². The predicted molar refractivity (Wildman–Crippen MR) is 67.5 cm³/mol. The molecule has 0 radical (unpaired) electrons. The van der Waals surface area contributed by atoms with Gasteiger partial charge in [-0.1, -0.05) is 17.7 Å². The molecule has 0 aliphatic heterocycles. The Morgan fingerprint density at radius 2 is 1.70 bits per heavy atom. The molecular weight excluding hydrogens is 293 g/mol. The van der Waals surface area contributed by atoms with E-state index < -0.39 is 23.2 Å². The molecule has 0 saturated heterocycles. The maximum absolute atomic E-state index is 13.5. The molecule has 0 aliphatic carbocycles. The molecule has 0 heterocycles. The zero-order valence-electron chi connectivity index (χ0n) is 10.00. The maximum Gasteiger partial charge on any atom is 0.191 e. The van der Waals surface area contributed by atoms with E-state index in [2.05, 4.69) is 0 Å². The lowest BCUT2D eigenvalue weighted by atomic mass is 10.2. The number of aldehydes is 1. The van der Waals surface area contributed by atoms with Crippen molar-refractivity contribution in [2.24, 2.45) is 0 Å². The van der Waals surface area contributed by atoms with E-state index in [1.54, 1.807) is 0 Å². The van der Waals surface area contributed by atoms with Gasteiger partial charge in [-0.15, -0.1) is 0 Å². The van der Waals surface area contributed by atoms with Crippen LogP contribution >= 0.6 is 11.6 Å². The van der Waals surface area contributed by atoms with Crippen molar-refractivity contribution in [3.8, 4) is 5.75 Å². The molecule has 0 unspecified atom stereocenters. The van der Waals surface area contributed by atoms with Crippen LogP contribution in [0.2, 0.25) is 5.02 Å². The monoisotopic (exact) mass is 300 g/mol. The highest BCUT2D eigenvalue weighted by atomic mass is 35.5. The number of halogens is 4. The summed E-state index contributed by atoms with van der Waals surface area (Å²) in [6.07, 6.45) is 0.324. The van der Waals surface area contributed by atoms with E-state index in [-0.39, 0.29) is 17.2 Å². The number of rotatable bonds is 4. The van der Waals surface area contributed by atoms with Gasteiger partial charge in [0.2, 0.25) is 0 Å². The van der Waals surface area contributed by atoms with Gasteiger partial charge in [0.05, 0.1) is 5.02 Å². The van der Waals surface area contributed by atoms with Crippen LogP contribution in [0.5, 0.6) is 5.75 Å². The molecule has 0 aromatic heterocycles. The second kappa shape index (κ2) is 5.96. The van der Waals surface area contributed by atoms with Gasteiger partial charge in [0.1, 0.15) is 18.7 Å². The van der Waals surface area contributed by atoms with E-state index in [0.29, 0.717) is 11.8 Å². The van der Waals surface area contributed by atoms with E-state index >= 15 is 0 Å². The fraction of sp³-hybridized carbons (Fsp3) is 0.0714. The lowest BCUT2D eigenvalue weighted by Gasteiger charge is -2.09. The molecule has 0 bridgehead atoms. The smallest absolute Gasteiger partial charge is 0.191 e. The quantitative estimate of drug-likeness (QED) is 0.793. The van der Waals surface area contributed by atoms with Crippen LogP contribution < -0.4 is 4.74 Å². The molecule has 2 rings (SSSR count). The number of carbonyl (C=O) groups is 1. The number of carbonyl (C=O) groups excluding carboxylic acids is 1. The van der Waals surface area contributed by atoms with Gasteiger partial charge in [-0.3, -0.25) is 4.79 Å². The molecule has 0 amide bonds. The summed E-state index contributed by atoms with van der Waals surface area (Å²) in [4.78, 5) is 10.4. The van der Waals surface area contributed by atoms with Crippen molar-refractivity contribution in [2.75, 3.05) is 0 Å². The van der Waals surface area contributed by atoms with Gasteiger partial charge in [-0.05, 0) is 29.8 Å². The van der Waals surface area contributed by atoms with Crippen molar-refractivity contribution >= 4 is 17.9 Å². The van der Waals surface area contributed by atoms with Crippen molar-refractivity contribution in [3.63, 3.8) is 0 Å². The third-order valence-electron chi connectivity index (χ3n) is 2.52. The Bertz CT molecular complexity index is 636. The Balaban J connectivity index is 2.18. The largest absolute Gasteiger partial charge is 0.483 e. The summed E-state index contributed by atoms with van der Waals surface area (Å²) in [6, 6.07) is 5.61. The first kappa shape index (κ1) is 14.4. The summed E-state index contributed by atoms with van der Waals surface area (Å²) in [5.41, 5.74) is 0.232. The highest BCUT2D eigenvalue weighted by Crippen LogP contribution is 2.24. The molecule has 0 saturated carbocycles. The van der Waals surface area contributed by atoms with Gasteiger partial charge in [0.25, 0.3) is 0 Å². The fourth-order valence-corrected chi connectivity index (χ4v) is 1.69. The molecule has 20 heavy (non-hydrogen) atoms. The van der Waals surface area contributed by atoms with Crippen molar-refractivity contribution in [1.29, 1.82) is 0 Å². The second-order valence-electron chi connectivity index (χ2n) is 3.97. The fourth-order valence-electron chi connectivity index (χ4n) is 1.57. The minimum absolute atomic E-state index is 0.0542. The van der Waals surface area contributed by atoms with E-state index in [9.17, 15) is 18.0 Å². The molecule has 2 aromatic carbocycles. The third kappa shape index (κ3) is 3.11. The van der Waals surface area contributed by atoms with E-state index in [1.807, 2.05) is 0 Å². The molecule has 0 fully saturated rings. The van der Waals surface area contributed by atoms with Crippen LogP contribution in [-0.2, 0) is 6.61 Å². The first-order chi connectivity index (χ1) is 9.51. The van der Waals surface area contributed by atoms with Gasteiger partial charge in [-0.25, -0.2) is 13.2 Å². The summed E-state index contributed by atoms with van der Waals surface area (Å²) >= 11 is 5.51. The highest BCUT2D eigenvalue weighted by molar-refractivity contribution is 6.30. The first-order valence-electron chi connectivity index (χ1n) is 5.52. The minimum atomic E-state index is -0.999. The summed E-state index contributed by atoms with van der Waals surface area (Å²) < 4.78 is 45.2. The summed E-state index contributed by atoms with van der Waals surface area (Å²) in [6.45, 7) is -0.234. The van der Waals surface area contributed by atoms with Crippen molar-refractivity contribution in [2.45, 2.75) is 6.61 Å². The van der Waals surface area contributed by atoms with Crippen molar-refractivity contribution < 1.29 is 22.7 Å². The predicted octanol–water partition coefficient (Wildman–Crippen LogP) is 4.15. The topological polar surface area (TPSA) is 26.3 Å². The third-order valence-corrected chi connectivity index (χ3v) is 2.83. The van der Waals surface area contributed by atoms with E-state index in [4.69, 9.17) is 16.3 Å². The van der Waals surface area contributed by atoms with E-state index in [1.165, 1.54) is 12.1 Å². The van der Waals surface area contributed by atoms with Crippen LogP contribution in [0.1, 0.15) is 15.9 Å². The van der Waals surface area contributed by atoms with Crippen LogP contribution in [0.15, 0.2) is 30.3 Å². The van der Waals surface area contributed by atoms with Crippen molar-refractivity contribution in [1.82, 2.24) is 0 Å². The first-order valence-corrected chi connectivity index (χ1v) is 5.90. The Kier molecular flexibility index (Phi) is 4.29. The van der Waals surface area contributed by atoms with Crippen LogP contribution in [0.25, 0.3) is 0 Å². The second-order valence-corrected chi connectivity index (χ2v) is 4.38. The average Bonchev–Trinajstić information content (AvgIpc) is 2.41. The highest BCUT2D eigenvalue weighted by Gasteiger charge is 2.13. The standard InChI is InChI=1S/C14H8ClF3O2/c15-10-2-1-8(3-11(10)16)7-20-14-12(17)4-9(6-19)5-13(14)18/h1-6H,7H2. The maximum atomic E-state index is 13.5. The number of ether oxygens (including phenoxy) is 1. The number of hydrogen-bond donors (Lipinski definition) is 0.